The van der Waals surface area contributed by atoms with Crippen LogP contribution in [-0.4, -0.2) is 32.1 Å². The summed E-state index contributed by atoms with van der Waals surface area (Å²) in [5.41, 5.74) is 0.956. The maximum Gasteiger partial charge on any atom is 0.313 e. The van der Waals surface area contributed by atoms with Gasteiger partial charge in [-0.3, -0.25) is 9.59 Å². The number of ketones is 1. The molecular formula is C14H18O5. The molecule has 0 aliphatic heterocycles. The second-order valence-corrected chi connectivity index (χ2v) is 3.89. The zero-order chi connectivity index (χ0) is 14.1. The van der Waals surface area contributed by atoms with E-state index in [4.69, 9.17) is 9.47 Å². The third kappa shape index (κ3) is 6.01. The number of esters is 1. The fourth-order valence-electron chi connectivity index (χ4n) is 1.48. The maximum atomic E-state index is 11.5. The first-order valence-electron chi connectivity index (χ1n) is 6.03. The van der Waals surface area contributed by atoms with E-state index in [0.717, 1.165) is 5.56 Å². The smallest absolute Gasteiger partial charge is 0.313 e. The predicted molar refractivity (Wildman–Crippen MR) is 68.9 cm³/mol. The highest BCUT2D eigenvalue weighted by molar-refractivity contribution is 5.96. The monoisotopic (exact) mass is 266 g/mol. The molecule has 0 bridgehead atoms. The zero-order valence-electron chi connectivity index (χ0n) is 11.2. The van der Waals surface area contributed by atoms with Gasteiger partial charge < -0.3 is 14.2 Å². The van der Waals surface area contributed by atoms with Crippen molar-refractivity contribution in [1.29, 1.82) is 0 Å². The first-order valence-corrected chi connectivity index (χ1v) is 6.03. The van der Waals surface area contributed by atoms with Gasteiger partial charge in [0.25, 0.3) is 0 Å². The number of methoxy groups -OCH3 is 1. The average molecular weight is 266 g/mol. The van der Waals surface area contributed by atoms with Crippen LogP contribution in [0.5, 0.6) is 5.75 Å². The van der Waals surface area contributed by atoms with Crippen molar-refractivity contribution < 1.29 is 23.8 Å². The van der Waals surface area contributed by atoms with Crippen molar-refractivity contribution in [2.24, 2.45) is 0 Å². The Morgan fingerprint density at radius 3 is 2.74 bits per heavy atom. The molecule has 1 rings (SSSR count). The Balaban J connectivity index is 2.41. The first kappa shape index (κ1) is 15.2. The standard InChI is InChI=1S/C14H18O5/c1-3-18-14(16)8-12(15)10-19-13-6-4-5-11(7-13)9-17-2/h4-7H,3,8-10H2,1-2H3. The van der Waals surface area contributed by atoms with E-state index < -0.39 is 5.97 Å². The number of carbonyl (C=O) groups is 2. The second kappa shape index (κ2) is 8.26. The van der Waals surface area contributed by atoms with Crippen molar-refractivity contribution in [3.05, 3.63) is 29.8 Å². The minimum Gasteiger partial charge on any atom is -0.486 e. The van der Waals surface area contributed by atoms with Gasteiger partial charge in [-0.1, -0.05) is 12.1 Å². The van der Waals surface area contributed by atoms with Crippen LogP contribution in [0, 0.1) is 0 Å². The molecule has 0 radical (unpaired) electrons. The molecule has 5 nitrogen and oxygen atoms in total. The Hall–Kier alpha value is -1.88. The SMILES string of the molecule is CCOC(=O)CC(=O)COc1cccc(COC)c1. The van der Waals surface area contributed by atoms with E-state index in [-0.39, 0.29) is 25.4 Å². The van der Waals surface area contributed by atoms with Gasteiger partial charge in [0.05, 0.1) is 13.2 Å². The van der Waals surface area contributed by atoms with E-state index in [1.165, 1.54) is 0 Å². The number of hydrogen-bond acceptors (Lipinski definition) is 5. The van der Waals surface area contributed by atoms with E-state index in [0.29, 0.717) is 12.4 Å². The molecule has 19 heavy (non-hydrogen) atoms. The van der Waals surface area contributed by atoms with Crippen LogP contribution in [0.3, 0.4) is 0 Å². The first-order chi connectivity index (χ1) is 9.15. The number of hydrogen-bond donors (Lipinski definition) is 0. The van der Waals surface area contributed by atoms with Crippen molar-refractivity contribution in [1.82, 2.24) is 0 Å². The number of rotatable bonds is 8. The molecule has 0 heterocycles. The number of ether oxygens (including phenoxy) is 3. The van der Waals surface area contributed by atoms with Gasteiger partial charge >= 0.3 is 5.97 Å². The quantitative estimate of drug-likeness (QED) is 0.529. The summed E-state index contributed by atoms with van der Waals surface area (Å²) in [6, 6.07) is 7.26. The van der Waals surface area contributed by atoms with Gasteiger partial charge in [-0.15, -0.1) is 0 Å². The van der Waals surface area contributed by atoms with Crippen molar-refractivity contribution in [2.45, 2.75) is 20.0 Å². The fourth-order valence-corrected chi connectivity index (χ4v) is 1.48. The highest BCUT2D eigenvalue weighted by Gasteiger charge is 2.11. The summed E-state index contributed by atoms with van der Waals surface area (Å²) in [5.74, 6) is -0.258. The maximum absolute atomic E-state index is 11.5. The second-order valence-electron chi connectivity index (χ2n) is 3.89. The molecule has 0 saturated heterocycles. The van der Waals surface area contributed by atoms with Crippen LogP contribution in [0.2, 0.25) is 0 Å². The Morgan fingerprint density at radius 1 is 1.26 bits per heavy atom. The molecule has 0 amide bonds. The summed E-state index contributed by atoms with van der Waals surface area (Å²) in [5, 5.41) is 0. The molecule has 104 valence electrons. The van der Waals surface area contributed by atoms with E-state index in [9.17, 15) is 9.59 Å². The van der Waals surface area contributed by atoms with Crippen LogP contribution >= 0.6 is 0 Å². The number of benzene rings is 1. The van der Waals surface area contributed by atoms with Gasteiger partial charge in [-0.2, -0.15) is 0 Å². The van der Waals surface area contributed by atoms with Crippen LogP contribution in [0.25, 0.3) is 0 Å². The average Bonchev–Trinajstić information content (AvgIpc) is 2.37. The molecule has 0 saturated carbocycles. The molecule has 0 fully saturated rings. The van der Waals surface area contributed by atoms with Crippen molar-refractivity contribution in [3.63, 3.8) is 0 Å². The van der Waals surface area contributed by atoms with E-state index in [1.54, 1.807) is 26.2 Å². The van der Waals surface area contributed by atoms with Crippen LogP contribution in [0.1, 0.15) is 18.9 Å². The Bertz CT molecular complexity index is 428. The lowest BCUT2D eigenvalue weighted by molar-refractivity contribution is -0.145. The lowest BCUT2D eigenvalue weighted by Crippen LogP contribution is -2.17. The van der Waals surface area contributed by atoms with Gasteiger partial charge in [0.2, 0.25) is 0 Å². The molecule has 0 atom stereocenters. The van der Waals surface area contributed by atoms with E-state index in [1.807, 2.05) is 12.1 Å². The topological polar surface area (TPSA) is 61.8 Å². The van der Waals surface area contributed by atoms with Crippen LogP contribution in [-0.2, 0) is 25.7 Å². The van der Waals surface area contributed by atoms with E-state index in [2.05, 4.69) is 4.74 Å². The third-order valence-electron chi connectivity index (χ3n) is 2.26. The van der Waals surface area contributed by atoms with E-state index >= 15 is 0 Å². The molecule has 5 heteroatoms. The predicted octanol–water partition coefficient (Wildman–Crippen LogP) is 1.73. The summed E-state index contributed by atoms with van der Waals surface area (Å²) in [4.78, 5) is 22.6. The van der Waals surface area contributed by atoms with Gasteiger partial charge in [0.1, 0.15) is 18.8 Å². The molecule has 0 aliphatic rings. The summed E-state index contributed by atoms with van der Waals surface area (Å²) in [6.45, 7) is 2.30. The fraction of sp³-hybridized carbons (Fsp3) is 0.429. The van der Waals surface area contributed by atoms with Gasteiger partial charge in [-0.25, -0.2) is 0 Å². The Labute approximate surface area is 112 Å². The van der Waals surface area contributed by atoms with Crippen LogP contribution in [0.4, 0.5) is 0 Å². The summed E-state index contributed by atoms with van der Waals surface area (Å²) >= 11 is 0. The zero-order valence-corrected chi connectivity index (χ0v) is 11.2. The lowest BCUT2D eigenvalue weighted by Gasteiger charge is -2.07. The van der Waals surface area contributed by atoms with Crippen LogP contribution in [0.15, 0.2) is 24.3 Å². The number of Topliss-reactive ketones (excluding diaryl/α,β-unsaturated/α-hetero) is 1. The van der Waals surface area contributed by atoms with Gasteiger partial charge in [0, 0.05) is 7.11 Å². The third-order valence-corrected chi connectivity index (χ3v) is 2.26. The van der Waals surface area contributed by atoms with Gasteiger partial charge in [-0.05, 0) is 24.6 Å². The molecule has 0 unspecified atom stereocenters. The molecule has 0 N–H and O–H groups in total. The van der Waals surface area contributed by atoms with Crippen LogP contribution < -0.4 is 4.74 Å². The summed E-state index contributed by atoms with van der Waals surface area (Å²) in [7, 11) is 1.61. The molecule has 0 aliphatic carbocycles. The number of carbonyl (C=O) groups excluding carboxylic acids is 2. The Kier molecular flexibility index (Phi) is 6.60. The largest absolute Gasteiger partial charge is 0.486 e. The Morgan fingerprint density at radius 2 is 2.05 bits per heavy atom. The molecule has 1 aromatic carbocycles. The molecule has 0 spiro atoms. The lowest BCUT2D eigenvalue weighted by atomic mass is 10.2. The van der Waals surface area contributed by atoms with Crippen molar-refractivity contribution >= 4 is 11.8 Å². The van der Waals surface area contributed by atoms with Crippen molar-refractivity contribution in [3.8, 4) is 5.75 Å². The molecular weight excluding hydrogens is 248 g/mol. The molecule has 1 aromatic rings. The minimum absolute atomic E-state index is 0.144. The highest BCUT2D eigenvalue weighted by atomic mass is 16.5. The highest BCUT2D eigenvalue weighted by Crippen LogP contribution is 2.14. The summed E-state index contributed by atoms with van der Waals surface area (Å²) in [6.07, 6.45) is -0.258. The van der Waals surface area contributed by atoms with Crippen molar-refractivity contribution in [2.75, 3.05) is 20.3 Å². The normalized spacial score (nSPS) is 10.0. The summed E-state index contributed by atoms with van der Waals surface area (Å²) < 4.78 is 15.0. The van der Waals surface area contributed by atoms with Gasteiger partial charge in [0.15, 0.2) is 5.78 Å². The molecule has 0 aromatic heterocycles. The minimum atomic E-state index is -0.524.